The highest BCUT2D eigenvalue weighted by Crippen LogP contribution is 2.32. The molecule has 3 amide bonds. The van der Waals surface area contributed by atoms with E-state index < -0.39 is 17.7 Å². The molecule has 0 saturated carbocycles. The zero-order chi connectivity index (χ0) is 22.1. The van der Waals surface area contributed by atoms with Crippen LogP contribution in [-0.4, -0.2) is 29.2 Å². The molecule has 0 aromatic heterocycles. The Morgan fingerprint density at radius 2 is 1.58 bits per heavy atom. The lowest BCUT2D eigenvalue weighted by molar-refractivity contribution is -0.121. The van der Waals surface area contributed by atoms with Crippen molar-refractivity contribution in [2.45, 2.75) is 13.5 Å². The Morgan fingerprint density at radius 3 is 2.35 bits per heavy atom. The van der Waals surface area contributed by atoms with Crippen molar-refractivity contribution in [3.05, 3.63) is 93.0 Å². The van der Waals surface area contributed by atoms with Crippen LogP contribution in [0.4, 0.5) is 0 Å². The fourth-order valence-electron chi connectivity index (χ4n) is 3.59. The number of rotatable bonds is 5. The number of carbonyl (C=O) groups excluding carboxylic acids is 3. The van der Waals surface area contributed by atoms with Crippen LogP contribution >= 0.6 is 23.2 Å². The molecule has 1 heterocycles. The number of amides is 3. The van der Waals surface area contributed by atoms with Crippen molar-refractivity contribution in [1.82, 2.24) is 10.2 Å². The number of nitrogens with zero attached hydrogens (tertiary/aromatic N) is 1. The molecule has 3 aromatic rings. The van der Waals surface area contributed by atoms with E-state index in [1.807, 2.05) is 37.3 Å². The third-order valence-corrected chi connectivity index (χ3v) is 5.69. The Hall–Kier alpha value is -3.15. The maximum atomic E-state index is 12.6. The van der Waals surface area contributed by atoms with Crippen LogP contribution in [0.5, 0.6) is 0 Å². The van der Waals surface area contributed by atoms with E-state index in [0.717, 1.165) is 27.2 Å². The average molecular weight is 453 g/mol. The van der Waals surface area contributed by atoms with Crippen LogP contribution in [-0.2, 0) is 11.3 Å². The zero-order valence-electron chi connectivity index (χ0n) is 16.6. The molecule has 3 aromatic carbocycles. The molecule has 0 saturated heterocycles. The first-order valence-electron chi connectivity index (χ1n) is 9.62. The van der Waals surface area contributed by atoms with Gasteiger partial charge in [-0.05, 0) is 42.3 Å². The highest BCUT2D eigenvalue weighted by molar-refractivity contribution is 6.36. The monoisotopic (exact) mass is 452 g/mol. The van der Waals surface area contributed by atoms with E-state index in [1.165, 1.54) is 0 Å². The third-order valence-electron chi connectivity index (χ3n) is 5.14. The SMILES string of the molecule is Cc1ccc2c(c1)C(=O)N(CC(=O)NCc1ccccc1-c1ccc(Cl)cc1Cl)C2=O. The molecule has 0 spiro atoms. The standard InChI is InChI=1S/C24H18Cl2N2O3/c1-14-6-8-19-20(10-14)24(31)28(23(19)30)13-22(29)27-12-15-4-2-3-5-17(15)18-9-7-16(25)11-21(18)26/h2-11H,12-13H2,1H3,(H,27,29). The Balaban J connectivity index is 1.47. The summed E-state index contributed by atoms with van der Waals surface area (Å²) in [5.41, 5.74) is 4.04. The number of aryl methyl sites for hydroxylation is 1. The van der Waals surface area contributed by atoms with Gasteiger partial charge < -0.3 is 5.32 Å². The molecule has 0 aliphatic carbocycles. The zero-order valence-corrected chi connectivity index (χ0v) is 18.1. The summed E-state index contributed by atoms with van der Waals surface area (Å²) in [5, 5.41) is 3.84. The van der Waals surface area contributed by atoms with Crippen molar-refractivity contribution in [2.24, 2.45) is 0 Å². The molecule has 1 N–H and O–H groups in total. The van der Waals surface area contributed by atoms with Crippen molar-refractivity contribution < 1.29 is 14.4 Å². The van der Waals surface area contributed by atoms with Crippen LogP contribution in [0.25, 0.3) is 11.1 Å². The van der Waals surface area contributed by atoms with Gasteiger partial charge >= 0.3 is 0 Å². The summed E-state index contributed by atoms with van der Waals surface area (Å²) < 4.78 is 0. The number of benzene rings is 3. The van der Waals surface area contributed by atoms with Crippen molar-refractivity contribution in [3.63, 3.8) is 0 Å². The Labute approximate surface area is 189 Å². The molecule has 0 unspecified atom stereocenters. The molecule has 0 atom stereocenters. The summed E-state index contributed by atoms with van der Waals surface area (Å²) in [4.78, 5) is 38.6. The van der Waals surface area contributed by atoms with Crippen LogP contribution in [0.15, 0.2) is 60.7 Å². The summed E-state index contributed by atoms with van der Waals surface area (Å²) in [6.45, 7) is 1.73. The maximum absolute atomic E-state index is 12.6. The van der Waals surface area contributed by atoms with Crippen LogP contribution in [0.1, 0.15) is 31.8 Å². The van der Waals surface area contributed by atoms with Crippen molar-refractivity contribution >= 4 is 40.9 Å². The van der Waals surface area contributed by atoms with Crippen LogP contribution in [0, 0.1) is 6.92 Å². The van der Waals surface area contributed by atoms with Gasteiger partial charge in [-0.3, -0.25) is 19.3 Å². The normalized spacial score (nSPS) is 12.8. The van der Waals surface area contributed by atoms with Crippen LogP contribution < -0.4 is 5.32 Å². The fraction of sp³-hybridized carbons (Fsp3) is 0.125. The molecule has 4 rings (SSSR count). The lowest BCUT2D eigenvalue weighted by Gasteiger charge is -2.15. The molecule has 1 aliphatic heterocycles. The van der Waals surface area contributed by atoms with Gasteiger partial charge in [-0.25, -0.2) is 0 Å². The topological polar surface area (TPSA) is 66.5 Å². The van der Waals surface area contributed by atoms with Crippen molar-refractivity contribution in [1.29, 1.82) is 0 Å². The predicted molar refractivity (Wildman–Crippen MR) is 120 cm³/mol. The number of hydrogen-bond donors (Lipinski definition) is 1. The summed E-state index contributed by atoms with van der Waals surface area (Å²) in [6, 6.07) is 17.8. The Morgan fingerprint density at radius 1 is 0.871 bits per heavy atom. The summed E-state index contributed by atoms with van der Waals surface area (Å²) >= 11 is 12.3. The Bertz CT molecular complexity index is 1220. The van der Waals surface area contributed by atoms with E-state index >= 15 is 0 Å². The lowest BCUT2D eigenvalue weighted by atomic mass is 9.99. The minimum absolute atomic E-state index is 0.218. The fourth-order valence-corrected chi connectivity index (χ4v) is 4.10. The van der Waals surface area contributed by atoms with Crippen molar-refractivity contribution in [3.8, 4) is 11.1 Å². The molecule has 0 fully saturated rings. The molecule has 7 heteroatoms. The third kappa shape index (κ3) is 4.20. The Kier molecular flexibility index (Phi) is 5.81. The van der Waals surface area contributed by atoms with Gasteiger partial charge in [0.1, 0.15) is 6.54 Å². The first kappa shape index (κ1) is 21.1. The number of imide groups is 1. The molecule has 156 valence electrons. The van der Waals surface area contributed by atoms with Gasteiger partial charge in [0.25, 0.3) is 11.8 Å². The quantitative estimate of drug-likeness (QED) is 0.560. The molecule has 0 radical (unpaired) electrons. The van der Waals surface area contributed by atoms with Crippen molar-refractivity contribution in [2.75, 3.05) is 6.54 Å². The molecule has 31 heavy (non-hydrogen) atoms. The summed E-state index contributed by atoms with van der Waals surface area (Å²) in [7, 11) is 0. The number of halogens is 2. The summed E-state index contributed by atoms with van der Waals surface area (Å²) in [5.74, 6) is -1.33. The van der Waals surface area contributed by atoms with Crippen LogP contribution in [0.3, 0.4) is 0 Å². The first-order valence-corrected chi connectivity index (χ1v) is 10.4. The van der Waals surface area contributed by atoms with E-state index in [9.17, 15) is 14.4 Å². The van der Waals surface area contributed by atoms with Gasteiger partial charge in [-0.1, -0.05) is 65.2 Å². The number of nitrogens with one attached hydrogen (secondary N) is 1. The largest absolute Gasteiger partial charge is 0.350 e. The molecule has 0 bridgehead atoms. The number of fused-ring (bicyclic) bond motifs is 1. The smallest absolute Gasteiger partial charge is 0.262 e. The van der Waals surface area contributed by atoms with Gasteiger partial charge in [-0.15, -0.1) is 0 Å². The first-order chi connectivity index (χ1) is 14.8. The highest BCUT2D eigenvalue weighted by atomic mass is 35.5. The second-order valence-electron chi connectivity index (χ2n) is 7.30. The molecule has 5 nitrogen and oxygen atoms in total. The highest BCUT2D eigenvalue weighted by Gasteiger charge is 2.36. The maximum Gasteiger partial charge on any atom is 0.262 e. The second-order valence-corrected chi connectivity index (χ2v) is 8.15. The van der Waals surface area contributed by atoms with Crippen LogP contribution in [0.2, 0.25) is 10.0 Å². The van der Waals surface area contributed by atoms with Gasteiger partial charge in [-0.2, -0.15) is 0 Å². The number of hydrogen-bond acceptors (Lipinski definition) is 3. The molecular weight excluding hydrogens is 435 g/mol. The van der Waals surface area contributed by atoms with E-state index in [0.29, 0.717) is 21.2 Å². The molecule has 1 aliphatic rings. The lowest BCUT2D eigenvalue weighted by Crippen LogP contribution is -2.40. The second kappa shape index (κ2) is 8.53. The van der Waals surface area contributed by atoms with Gasteiger partial charge in [0.2, 0.25) is 5.91 Å². The van der Waals surface area contributed by atoms with Gasteiger partial charge in [0.15, 0.2) is 0 Å². The predicted octanol–water partition coefficient (Wildman–Crippen LogP) is 4.88. The minimum Gasteiger partial charge on any atom is -0.350 e. The summed E-state index contributed by atoms with van der Waals surface area (Å²) in [6.07, 6.45) is 0. The van der Waals surface area contributed by atoms with E-state index in [4.69, 9.17) is 23.2 Å². The van der Waals surface area contributed by atoms with Gasteiger partial charge in [0, 0.05) is 22.2 Å². The minimum atomic E-state index is -0.455. The van der Waals surface area contributed by atoms with E-state index in [-0.39, 0.29) is 13.1 Å². The van der Waals surface area contributed by atoms with E-state index in [2.05, 4.69) is 5.32 Å². The van der Waals surface area contributed by atoms with Gasteiger partial charge in [0.05, 0.1) is 11.1 Å². The molecular formula is C24H18Cl2N2O3. The van der Waals surface area contributed by atoms with E-state index in [1.54, 1.807) is 30.3 Å². The average Bonchev–Trinajstić information content (AvgIpc) is 2.97. The number of carbonyl (C=O) groups is 3.